The summed E-state index contributed by atoms with van der Waals surface area (Å²) in [6.07, 6.45) is 0. The van der Waals surface area contributed by atoms with Crippen molar-refractivity contribution < 1.29 is 4.74 Å². The van der Waals surface area contributed by atoms with Crippen molar-refractivity contribution in [2.45, 2.75) is 19.9 Å². The molecule has 1 aromatic carbocycles. The summed E-state index contributed by atoms with van der Waals surface area (Å²) < 4.78 is 5.45. The minimum absolute atomic E-state index is 0.0739. The molecule has 0 saturated heterocycles. The number of nitrogens with one attached hydrogen (secondary N) is 1. The molecule has 96 valence electrons. The molecule has 1 N–H and O–H groups in total. The molecule has 2 aromatic rings. The number of nitrogens with zero attached hydrogens (tertiary/aromatic N) is 1. The number of aromatic nitrogens is 1. The zero-order valence-corrected chi connectivity index (χ0v) is 12.0. The molecule has 0 saturated carbocycles. The summed E-state index contributed by atoms with van der Waals surface area (Å²) >= 11 is 1.67. The molecular formula is C14H18N2OS. The van der Waals surface area contributed by atoms with Gasteiger partial charge in [-0.3, -0.25) is 0 Å². The molecule has 0 bridgehead atoms. The van der Waals surface area contributed by atoms with Crippen LogP contribution in [0.3, 0.4) is 0 Å². The van der Waals surface area contributed by atoms with Crippen molar-refractivity contribution in [1.82, 2.24) is 10.3 Å². The van der Waals surface area contributed by atoms with Crippen LogP contribution in [0.4, 0.5) is 0 Å². The van der Waals surface area contributed by atoms with Gasteiger partial charge < -0.3 is 10.1 Å². The van der Waals surface area contributed by atoms with Crippen LogP contribution >= 0.6 is 11.3 Å². The molecule has 4 heteroatoms. The lowest BCUT2D eigenvalue weighted by molar-refractivity contribution is 0.405. The van der Waals surface area contributed by atoms with Crippen molar-refractivity contribution in [3.8, 4) is 5.75 Å². The summed E-state index contributed by atoms with van der Waals surface area (Å²) in [5.74, 6) is 0.894. The molecule has 0 aliphatic carbocycles. The minimum Gasteiger partial charge on any atom is -0.496 e. The van der Waals surface area contributed by atoms with Gasteiger partial charge >= 0.3 is 0 Å². The summed E-state index contributed by atoms with van der Waals surface area (Å²) in [5.41, 5.74) is 3.40. The zero-order chi connectivity index (χ0) is 13.1. The number of methoxy groups -OCH3 is 1. The van der Waals surface area contributed by atoms with Crippen molar-refractivity contribution in [3.63, 3.8) is 0 Å². The van der Waals surface area contributed by atoms with E-state index in [1.165, 1.54) is 5.56 Å². The predicted octanol–water partition coefficient (Wildman–Crippen LogP) is 3.08. The van der Waals surface area contributed by atoms with Crippen molar-refractivity contribution >= 4 is 11.3 Å². The molecule has 0 aliphatic rings. The van der Waals surface area contributed by atoms with Gasteiger partial charge in [0.05, 0.1) is 23.9 Å². The van der Waals surface area contributed by atoms with Crippen LogP contribution in [0, 0.1) is 13.8 Å². The lowest BCUT2D eigenvalue weighted by Gasteiger charge is -2.18. The number of thiazole rings is 1. The maximum absolute atomic E-state index is 5.45. The van der Waals surface area contributed by atoms with E-state index in [9.17, 15) is 0 Å². The Morgan fingerprint density at radius 3 is 2.67 bits per heavy atom. The second-order valence-corrected chi connectivity index (χ2v) is 5.32. The second kappa shape index (κ2) is 5.50. The Balaban J connectivity index is 2.47. The highest BCUT2D eigenvalue weighted by molar-refractivity contribution is 7.09. The SMILES string of the molecule is CNC(c1csc(C)n1)c1cc(C)ccc1OC. The molecule has 0 amide bonds. The molecule has 0 fully saturated rings. The highest BCUT2D eigenvalue weighted by Gasteiger charge is 2.18. The molecule has 0 aliphatic heterocycles. The Labute approximate surface area is 112 Å². The third kappa shape index (κ3) is 2.54. The maximum atomic E-state index is 5.45. The molecule has 2 rings (SSSR count). The van der Waals surface area contributed by atoms with E-state index in [-0.39, 0.29) is 6.04 Å². The van der Waals surface area contributed by atoms with Gasteiger partial charge in [0, 0.05) is 10.9 Å². The molecule has 1 aromatic heterocycles. The van der Waals surface area contributed by atoms with Crippen LogP contribution in [-0.2, 0) is 0 Å². The Hall–Kier alpha value is -1.39. The third-order valence-electron chi connectivity index (χ3n) is 2.92. The largest absolute Gasteiger partial charge is 0.496 e. The van der Waals surface area contributed by atoms with Crippen molar-refractivity contribution in [2.24, 2.45) is 0 Å². The van der Waals surface area contributed by atoms with Gasteiger partial charge in [0.1, 0.15) is 5.75 Å². The monoisotopic (exact) mass is 262 g/mol. The van der Waals surface area contributed by atoms with Crippen molar-refractivity contribution in [1.29, 1.82) is 0 Å². The van der Waals surface area contributed by atoms with Gasteiger partial charge in [0.2, 0.25) is 0 Å². The first-order chi connectivity index (χ1) is 8.65. The molecule has 0 spiro atoms. The molecule has 3 nitrogen and oxygen atoms in total. The Kier molecular flexibility index (Phi) is 3.99. The second-order valence-electron chi connectivity index (χ2n) is 4.26. The Morgan fingerprint density at radius 1 is 1.33 bits per heavy atom. The number of hydrogen-bond donors (Lipinski definition) is 1. The lowest BCUT2D eigenvalue weighted by atomic mass is 10.0. The summed E-state index contributed by atoms with van der Waals surface area (Å²) in [5, 5.41) is 6.49. The van der Waals surface area contributed by atoms with Crippen LogP contribution < -0.4 is 10.1 Å². The van der Waals surface area contributed by atoms with E-state index >= 15 is 0 Å². The molecule has 1 atom stereocenters. The van der Waals surface area contributed by atoms with Gasteiger partial charge in [0.25, 0.3) is 0 Å². The number of aryl methyl sites for hydroxylation is 2. The van der Waals surface area contributed by atoms with E-state index in [4.69, 9.17) is 4.74 Å². The smallest absolute Gasteiger partial charge is 0.124 e. The highest BCUT2D eigenvalue weighted by Crippen LogP contribution is 2.31. The van der Waals surface area contributed by atoms with E-state index in [0.29, 0.717) is 0 Å². The number of benzene rings is 1. The normalized spacial score (nSPS) is 12.4. The van der Waals surface area contributed by atoms with Crippen LogP contribution in [0.15, 0.2) is 23.6 Å². The summed E-state index contributed by atoms with van der Waals surface area (Å²) in [7, 11) is 3.65. The summed E-state index contributed by atoms with van der Waals surface area (Å²) in [4.78, 5) is 4.56. The number of hydrogen-bond acceptors (Lipinski definition) is 4. The minimum atomic E-state index is 0.0739. The Morgan fingerprint density at radius 2 is 2.11 bits per heavy atom. The molecular weight excluding hydrogens is 244 g/mol. The maximum Gasteiger partial charge on any atom is 0.124 e. The first-order valence-electron chi connectivity index (χ1n) is 5.89. The third-order valence-corrected chi connectivity index (χ3v) is 3.71. The first kappa shape index (κ1) is 13.1. The predicted molar refractivity (Wildman–Crippen MR) is 75.5 cm³/mol. The van der Waals surface area contributed by atoms with Crippen molar-refractivity contribution in [2.75, 3.05) is 14.2 Å². The van der Waals surface area contributed by atoms with Gasteiger partial charge in [0.15, 0.2) is 0 Å². The van der Waals surface area contributed by atoms with Crippen molar-refractivity contribution in [3.05, 3.63) is 45.4 Å². The lowest BCUT2D eigenvalue weighted by Crippen LogP contribution is -2.19. The van der Waals surface area contributed by atoms with Crippen LogP contribution in [0.1, 0.15) is 27.9 Å². The van der Waals surface area contributed by atoms with Gasteiger partial charge in [-0.2, -0.15) is 0 Å². The fourth-order valence-electron chi connectivity index (χ4n) is 2.05. The fourth-order valence-corrected chi connectivity index (χ4v) is 2.69. The van der Waals surface area contributed by atoms with E-state index in [2.05, 4.69) is 34.7 Å². The molecule has 1 heterocycles. The van der Waals surface area contributed by atoms with Gasteiger partial charge in [-0.15, -0.1) is 11.3 Å². The van der Waals surface area contributed by atoms with E-state index in [1.807, 2.05) is 20.0 Å². The molecule has 0 radical (unpaired) electrons. The van der Waals surface area contributed by atoms with Gasteiger partial charge in [-0.05, 0) is 27.0 Å². The van der Waals surface area contributed by atoms with Gasteiger partial charge in [-0.25, -0.2) is 4.98 Å². The quantitative estimate of drug-likeness (QED) is 0.919. The van der Waals surface area contributed by atoms with Crippen LogP contribution in [0.25, 0.3) is 0 Å². The summed E-state index contributed by atoms with van der Waals surface area (Å²) in [6.45, 7) is 4.11. The van der Waals surface area contributed by atoms with Gasteiger partial charge in [-0.1, -0.05) is 17.7 Å². The Bertz CT molecular complexity index is 536. The number of rotatable bonds is 4. The van der Waals surface area contributed by atoms with Crippen LogP contribution in [0.5, 0.6) is 5.75 Å². The first-order valence-corrected chi connectivity index (χ1v) is 6.77. The van der Waals surface area contributed by atoms with E-state index in [0.717, 1.165) is 22.0 Å². The average Bonchev–Trinajstić information content (AvgIpc) is 2.77. The number of ether oxygens (including phenoxy) is 1. The topological polar surface area (TPSA) is 34.2 Å². The highest BCUT2D eigenvalue weighted by atomic mass is 32.1. The van der Waals surface area contributed by atoms with Crippen LogP contribution in [-0.4, -0.2) is 19.1 Å². The fraction of sp³-hybridized carbons (Fsp3) is 0.357. The summed E-state index contributed by atoms with van der Waals surface area (Å²) in [6, 6.07) is 6.29. The van der Waals surface area contributed by atoms with Crippen LogP contribution in [0.2, 0.25) is 0 Å². The molecule has 1 unspecified atom stereocenters. The molecule has 18 heavy (non-hydrogen) atoms. The van der Waals surface area contributed by atoms with E-state index < -0.39 is 0 Å². The average molecular weight is 262 g/mol. The van der Waals surface area contributed by atoms with E-state index in [1.54, 1.807) is 18.4 Å². The standard InChI is InChI=1S/C14H18N2OS/c1-9-5-6-13(17-4)11(7-9)14(15-3)12-8-18-10(2)16-12/h5-8,14-15H,1-4H3. The zero-order valence-electron chi connectivity index (χ0n) is 11.2.